The Hall–Kier alpha value is -0.610. The molecule has 1 heterocycles. The molecule has 4 heteroatoms. The predicted octanol–water partition coefficient (Wildman–Crippen LogP) is 2.22. The van der Waals surface area contributed by atoms with Crippen LogP contribution < -0.4 is 10.6 Å². The van der Waals surface area contributed by atoms with E-state index in [1.54, 1.807) is 0 Å². The molecule has 0 spiro atoms. The van der Waals surface area contributed by atoms with E-state index in [1.807, 2.05) is 25.4 Å². The molecule has 0 saturated heterocycles. The minimum absolute atomic E-state index is 0.357. The Kier molecular flexibility index (Phi) is 2.75. The van der Waals surface area contributed by atoms with Crippen LogP contribution >= 0.6 is 11.3 Å². The Morgan fingerprint density at radius 1 is 1.44 bits per heavy atom. The highest BCUT2D eigenvalue weighted by Gasteiger charge is 2.58. The number of nitrogens with two attached hydrogens (primary N) is 1. The largest absolute Gasteiger partial charge is 0.354 e. The SMILES string of the molecule is Cc1nc(N(C)C)sc1[C@H]1[C@H](CN)C1(C)C. The van der Waals surface area contributed by atoms with E-state index in [-0.39, 0.29) is 0 Å². The molecule has 0 aliphatic heterocycles. The summed E-state index contributed by atoms with van der Waals surface area (Å²) in [6, 6.07) is 0. The molecule has 1 aliphatic rings. The Labute approximate surface area is 102 Å². The van der Waals surface area contributed by atoms with Gasteiger partial charge in [-0.05, 0) is 24.8 Å². The van der Waals surface area contributed by atoms with Crippen LogP contribution in [-0.2, 0) is 0 Å². The Balaban J connectivity index is 2.29. The molecule has 2 atom stereocenters. The standard InChI is InChI=1S/C12H21N3S/c1-7-10(16-11(14-7)15(4)5)9-8(6-13)12(9,2)3/h8-9H,6,13H2,1-5H3/t8-,9+/m0/s1. The number of thiazole rings is 1. The van der Waals surface area contributed by atoms with Gasteiger partial charge in [-0.15, -0.1) is 11.3 Å². The summed E-state index contributed by atoms with van der Waals surface area (Å²) < 4.78 is 0. The molecule has 0 unspecified atom stereocenters. The highest BCUT2D eigenvalue weighted by molar-refractivity contribution is 7.15. The van der Waals surface area contributed by atoms with Crippen LogP contribution in [0.15, 0.2) is 0 Å². The van der Waals surface area contributed by atoms with Crippen molar-refractivity contribution < 1.29 is 0 Å². The average Bonchev–Trinajstić information content (AvgIpc) is 2.53. The second kappa shape index (κ2) is 3.70. The van der Waals surface area contributed by atoms with Crippen LogP contribution in [0.3, 0.4) is 0 Å². The van der Waals surface area contributed by atoms with Gasteiger partial charge in [-0.1, -0.05) is 13.8 Å². The van der Waals surface area contributed by atoms with Gasteiger partial charge in [0.2, 0.25) is 0 Å². The van der Waals surface area contributed by atoms with Crippen molar-refractivity contribution in [2.75, 3.05) is 25.5 Å². The monoisotopic (exact) mass is 239 g/mol. The van der Waals surface area contributed by atoms with Gasteiger partial charge in [0.15, 0.2) is 5.13 Å². The van der Waals surface area contributed by atoms with Crippen molar-refractivity contribution in [3.05, 3.63) is 10.6 Å². The van der Waals surface area contributed by atoms with Crippen LogP contribution in [-0.4, -0.2) is 25.6 Å². The summed E-state index contributed by atoms with van der Waals surface area (Å²) in [5.41, 5.74) is 7.37. The van der Waals surface area contributed by atoms with Crippen LogP contribution in [0.25, 0.3) is 0 Å². The molecule has 1 fully saturated rings. The number of nitrogens with zero attached hydrogens (tertiary/aromatic N) is 2. The second-order valence-corrected chi connectivity index (χ2v) is 6.49. The van der Waals surface area contributed by atoms with Gasteiger partial charge in [0.05, 0.1) is 5.69 Å². The lowest BCUT2D eigenvalue weighted by Gasteiger charge is -2.05. The molecule has 2 N–H and O–H groups in total. The molecular formula is C12H21N3S. The van der Waals surface area contributed by atoms with Crippen LogP contribution in [0.1, 0.15) is 30.3 Å². The predicted molar refractivity (Wildman–Crippen MR) is 70.2 cm³/mol. The van der Waals surface area contributed by atoms with Crippen molar-refractivity contribution in [1.82, 2.24) is 4.98 Å². The third kappa shape index (κ3) is 1.64. The van der Waals surface area contributed by atoms with Gasteiger partial charge >= 0.3 is 0 Å². The fourth-order valence-electron chi connectivity index (χ4n) is 2.58. The lowest BCUT2D eigenvalue weighted by atomic mass is 10.1. The fraction of sp³-hybridized carbons (Fsp3) is 0.750. The summed E-state index contributed by atoms with van der Waals surface area (Å²) in [5.74, 6) is 1.24. The van der Waals surface area contributed by atoms with Crippen molar-refractivity contribution in [3.8, 4) is 0 Å². The molecular weight excluding hydrogens is 218 g/mol. The van der Waals surface area contributed by atoms with Crippen molar-refractivity contribution in [2.45, 2.75) is 26.7 Å². The van der Waals surface area contributed by atoms with Crippen LogP contribution in [0.5, 0.6) is 0 Å². The van der Waals surface area contributed by atoms with E-state index in [1.165, 1.54) is 10.6 Å². The van der Waals surface area contributed by atoms with E-state index in [0.717, 1.165) is 11.7 Å². The second-order valence-electron chi connectivity index (χ2n) is 5.48. The third-order valence-corrected chi connectivity index (χ3v) is 5.20. The Morgan fingerprint density at radius 2 is 2.06 bits per heavy atom. The number of hydrogen-bond acceptors (Lipinski definition) is 4. The maximum Gasteiger partial charge on any atom is 0.185 e. The summed E-state index contributed by atoms with van der Waals surface area (Å²) in [4.78, 5) is 8.12. The number of anilines is 1. The van der Waals surface area contributed by atoms with Gasteiger partial charge in [0, 0.05) is 24.9 Å². The molecule has 1 aliphatic carbocycles. The molecule has 0 bridgehead atoms. The minimum atomic E-state index is 0.357. The van der Waals surface area contributed by atoms with E-state index in [0.29, 0.717) is 17.3 Å². The molecule has 1 saturated carbocycles. The van der Waals surface area contributed by atoms with E-state index in [2.05, 4.69) is 30.7 Å². The number of hydrogen-bond donors (Lipinski definition) is 1. The molecule has 90 valence electrons. The van der Waals surface area contributed by atoms with Crippen molar-refractivity contribution in [2.24, 2.45) is 17.1 Å². The maximum atomic E-state index is 5.83. The van der Waals surface area contributed by atoms with Crippen LogP contribution in [0, 0.1) is 18.3 Å². The first kappa shape index (κ1) is 11.9. The average molecular weight is 239 g/mol. The van der Waals surface area contributed by atoms with Gasteiger partial charge in [-0.2, -0.15) is 0 Å². The van der Waals surface area contributed by atoms with Crippen molar-refractivity contribution in [1.29, 1.82) is 0 Å². The zero-order valence-corrected chi connectivity index (χ0v) is 11.6. The first-order chi connectivity index (χ1) is 7.39. The summed E-state index contributed by atoms with van der Waals surface area (Å²) in [5, 5.41) is 1.10. The van der Waals surface area contributed by atoms with Crippen molar-refractivity contribution >= 4 is 16.5 Å². The number of rotatable bonds is 3. The van der Waals surface area contributed by atoms with Gasteiger partial charge in [0.25, 0.3) is 0 Å². The quantitative estimate of drug-likeness (QED) is 0.879. The molecule has 0 radical (unpaired) electrons. The first-order valence-corrected chi connectivity index (χ1v) is 6.56. The lowest BCUT2D eigenvalue weighted by Crippen LogP contribution is -2.07. The Bertz CT molecular complexity index is 395. The normalized spacial score (nSPS) is 26.9. The summed E-state index contributed by atoms with van der Waals surface area (Å²) in [6.07, 6.45) is 0. The summed E-state index contributed by atoms with van der Waals surface area (Å²) in [7, 11) is 4.08. The first-order valence-electron chi connectivity index (χ1n) is 5.74. The fourth-order valence-corrected chi connectivity index (χ4v) is 3.93. The Morgan fingerprint density at radius 3 is 2.44 bits per heavy atom. The summed E-state index contributed by atoms with van der Waals surface area (Å²) >= 11 is 1.82. The van der Waals surface area contributed by atoms with Crippen molar-refractivity contribution in [3.63, 3.8) is 0 Å². The molecule has 2 rings (SSSR count). The van der Waals surface area contributed by atoms with Gasteiger partial charge in [-0.25, -0.2) is 4.98 Å². The van der Waals surface area contributed by atoms with E-state index >= 15 is 0 Å². The van der Waals surface area contributed by atoms with Gasteiger partial charge in [0.1, 0.15) is 0 Å². The maximum absolute atomic E-state index is 5.83. The van der Waals surface area contributed by atoms with Crippen LogP contribution in [0.4, 0.5) is 5.13 Å². The smallest absolute Gasteiger partial charge is 0.185 e. The molecule has 0 aromatic carbocycles. The molecule has 16 heavy (non-hydrogen) atoms. The molecule has 1 aromatic rings. The topological polar surface area (TPSA) is 42.2 Å². The van der Waals surface area contributed by atoms with E-state index in [9.17, 15) is 0 Å². The van der Waals surface area contributed by atoms with E-state index in [4.69, 9.17) is 5.73 Å². The number of aromatic nitrogens is 1. The molecule has 0 amide bonds. The molecule has 1 aromatic heterocycles. The number of aryl methyl sites for hydroxylation is 1. The lowest BCUT2D eigenvalue weighted by molar-refractivity contribution is 0.559. The third-order valence-electron chi connectivity index (χ3n) is 3.79. The molecule has 3 nitrogen and oxygen atoms in total. The van der Waals surface area contributed by atoms with Gasteiger partial charge < -0.3 is 10.6 Å². The van der Waals surface area contributed by atoms with Gasteiger partial charge in [-0.3, -0.25) is 0 Å². The highest BCUT2D eigenvalue weighted by Crippen LogP contribution is 2.65. The zero-order valence-electron chi connectivity index (χ0n) is 10.7. The van der Waals surface area contributed by atoms with Crippen LogP contribution in [0.2, 0.25) is 0 Å². The highest BCUT2D eigenvalue weighted by atomic mass is 32.1. The minimum Gasteiger partial charge on any atom is -0.354 e. The summed E-state index contributed by atoms with van der Waals surface area (Å²) in [6.45, 7) is 7.51. The zero-order chi connectivity index (χ0) is 12.1. The van der Waals surface area contributed by atoms with E-state index < -0.39 is 0 Å².